The van der Waals surface area contributed by atoms with Gasteiger partial charge in [-0.2, -0.15) is 0 Å². The SMILES string of the molecule is CC(=O)Oc1c(O)c(O)c(C(C)=O)c(C(=O)OCc2ccccc2Cl)c1C(C)=O. The highest BCUT2D eigenvalue weighted by molar-refractivity contribution is 6.31. The van der Waals surface area contributed by atoms with Crippen molar-refractivity contribution in [1.82, 2.24) is 0 Å². The molecule has 0 aliphatic heterocycles. The van der Waals surface area contributed by atoms with Gasteiger partial charge >= 0.3 is 11.9 Å². The molecular weight excluding hydrogens is 404 g/mol. The zero-order valence-corrected chi connectivity index (χ0v) is 16.5. The molecule has 0 unspecified atom stereocenters. The summed E-state index contributed by atoms with van der Waals surface area (Å²) in [5.41, 5.74) is -1.36. The Morgan fingerprint density at radius 2 is 1.48 bits per heavy atom. The number of hydrogen-bond donors (Lipinski definition) is 2. The van der Waals surface area contributed by atoms with Crippen LogP contribution in [0.5, 0.6) is 17.2 Å². The number of carbonyl (C=O) groups excluding carboxylic acids is 4. The van der Waals surface area contributed by atoms with Gasteiger partial charge in [0.1, 0.15) is 6.61 Å². The molecule has 9 heteroatoms. The van der Waals surface area contributed by atoms with Gasteiger partial charge in [0.05, 0.1) is 16.7 Å². The average Bonchev–Trinajstić information content (AvgIpc) is 2.63. The zero-order chi connectivity index (χ0) is 21.9. The molecule has 2 N–H and O–H groups in total. The number of aromatic hydroxyl groups is 2. The first-order chi connectivity index (χ1) is 13.6. The summed E-state index contributed by atoms with van der Waals surface area (Å²) in [6, 6.07) is 6.53. The van der Waals surface area contributed by atoms with Gasteiger partial charge in [0.25, 0.3) is 0 Å². The molecule has 0 aromatic heterocycles. The Bertz CT molecular complexity index is 1030. The lowest BCUT2D eigenvalue weighted by molar-refractivity contribution is -0.132. The summed E-state index contributed by atoms with van der Waals surface area (Å²) in [7, 11) is 0. The third kappa shape index (κ3) is 4.55. The minimum Gasteiger partial charge on any atom is -0.504 e. The van der Waals surface area contributed by atoms with Gasteiger partial charge in [0.2, 0.25) is 5.75 Å². The van der Waals surface area contributed by atoms with Crippen LogP contribution in [0.15, 0.2) is 24.3 Å². The Labute approximate surface area is 170 Å². The predicted molar refractivity (Wildman–Crippen MR) is 102 cm³/mol. The molecule has 0 fully saturated rings. The van der Waals surface area contributed by atoms with Crippen molar-refractivity contribution in [2.75, 3.05) is 0 Å². The molecule has 0 saturated carbocycles. The van der Waals surface area contributed by atoms with Crippen LogP contribution in [0.2, 0.25) is 5.02 Å². The van der Waals surface area contributed by atoms with Crippen molar-refractivity contribution in [1.29, 1.82) is 0 Å². The van der Waals surface area contributed by atoms with Crippen LogP contribution in [-0.4, -0.2) is 33.7 Å². The largest absolute Gasteiger partial charge is 0.504 e. The highest BCUT2D eigenvalue weighted by Gasteiger charge is 2.34. The molecule has 0 saturated heterocycles. The van der Waals surface area contributed by atoms with E-state index in [0.29, 0.717) is 10.6 Å². The number of halogens is 1. The summed E-state index contributed by atoms with van der Waals surface area (Å²) in [4.78, 5) is 48.4. The van der Waals surface area contributed by atoms with Crippen molar-refractivity contribution < 1.29 is 38.9 Å². The quantitative estimate of drug-likeness (QED) is 0.315. The summed E-state index contributed by atoms with van der Waals surface area (Å²) < 4.78 is 9.99. The molecule has 0 spiro atoms. The number of esters is 2. The second-order valence-corrected chi connectivity index (χ2v) is 6.43. The molecule has 0 heterocycles. The van der Waals surface area contributed by atoms with Crippen LogP contribution in [0, 0.1) is 0 Å². The van der Waals surface area contributed by atoms with Crippen molar-refractivity contribution >= 4 is 35.1 Å². The van der Waals surface area contributed by atoms with Gasteiger partial charge in [-0.15, -0.1) is 0 Å². The normalized spacial score (nSPS) is 10.3. The van der Waals surface area contributed by atoms with E-state index in [0.717, 1.165) is 20.8 Å². The Kier molecular flexibility index (Phi) is 6.60. The molecule has 0 bridgehead atoms. The molecule has 0 atom stereocenters. The van der Waals surface area contributed by atoms with E-state index in [1.807, 2.05) is 0 Å². The van der Waals surface area contributed by atoms with Crippen LogP contribution >= 0.6 is 11.6 Å². The molecule has 2 aromatic rings. The Balaban J connectivity index is 2.66. The lowest BCUT2D eigenvalue weighted by atomic mass is 9.93. The summed E-state index contributed by atoms with van der Waals surface area (Å²) in [6.45, 7) is 2.76. The number of phenolic OH excluding ortho intramolecular Hbond substituents is 2. The molecule has 0 radical (unpaired) electrons. The third-order valence-corrected chi connectivity index (χ3v) is 4.24. The molecule has 0 amide bonds. The standard InChI is InChI=1S/C20H17ClO8/c1-9(22)14-16(20(27)28-8-12-6-4-5-7-13(12)21)15(10(2)23)19(29-11(3)24)18(26)17(14)25/h4-7,25-26H,8H2,1-3H3. The highest BCUT2D eigenvalue weighted by atomic mass is 35.5. The summed E-state index contributed by atoms with van der Waals surface area (Å²) in [5, 5.41) is 20.7. The van der Waals surface area contributed by atoms with Gasteiger partial charge in [0.15, 0.2) is 23.1 Å². The van der Waals surface area contributed by atoms with Crippen LogP contribution in [0.25, 0.3) is 0 Å². The number of rotatable bonds is 6. The number of Topliss-reactive ketones (excluding diaryl/α,β-unsaturated/α-hetero) is 2. The van der Waals surface area contributed by atoms with Crippen molar-refractivity contribution in [2.45, 2.75) is 27.4 Å². The fraction of sp³-hybridized carbons (Fsp3) is 0.200. The van der Waals surface area contributed by atoms with E-state index < -0.39 is 57.4 Å². The second-order valence-electron chi connectivity index (χ2n) is 6.02. The van der Waals surface area contributed by atoms with Crippen LogP contribution < -0.4 is 4.74 Å². The summed E-state index contributed by atoms with van der Waals surface area (Å²) >= 11 is 6.02. The van der Waals surface area contributed by atoms with Gasteiger partial charge in [0, 0.05) is 17.5 Å². The number of carbonyl (C=O) groups is 4. The number of ketones is 2. The van der Waals surface area contributed by atoms with E-state index in [1.165, 1.54) is 0 Å². The van der Waals surface area contributed by atoms with Crippen molar-refractivity contribution in [2.24, 2.45) is 0 Å². The van der Waals surface area contributed by atoms with Crippen molar-refractivity contribution in [3.05, 3.63) is 51.5 Å². The molecule has 2 rings (SSSR count). The van der Waals surface area contributed by atoms with Crippen molar-refractivity contribution in [3.63, 3.8) is 0 Å². The third-order valence-electron chi connectivity index (χ3n) is 3.87. The summed E-state index contributed by atoms with van der Waals surface area (Å²) in [5.74, 6) is -6.46. The number of hydrogen-bond acceptors (Lipinski definition) is 8. The highest BCUT2D eigenvalue weighted by Crippen LogP contribution is 2.45. The first-order valence-corrected chi connectivity index (χ1v) is 8.66. The first kappa shape index (κ1) is 21.9. The van der Waals surface area contributed by atoms with E-state index in [2.05, 4.69) is 0 Å². The minimum atomic E-state index is -1.15. The van der Waals surface area contributed by atoms with Gasteiger partial charge in [-0.1, -0.05) is 29.8 Å². The topological polar surface area (TPSA) is 127 Å². The molecular formula is C20H17ClO8. The van der Waals surface area contributed by atoms with Gasteiger partial charge in [-0.3, -0.25) is 14.4 Å². The number of benzene rings is 2. The monoisotopic (exact) mass is 420 g/mol. The lowest BCUT2D eigenvalue weighted by Gasteiger charge is -2.18. The first-order valence-electron chi connectivity index (χ1n) is 8.28. The Morgan fingerprint density at radius 3 is 2.00 bits per heavy atom. The molecule has 0 aliphatic carbocycles. The van der Waals surface area contributed by atoms with E-state index in [9.17, 15) is 29.4 Å². The maximum atomic E-state index is 12.8. The second kappa shape index (κ2) is 8.74. The van der Waals surface area contributed by atoms with E-state index >= 15 is 0 Å². The number of phenols is 2. The molecule has 152 valence electrons. The minimum absolute atomic E-state index is 0.294. The van der Waals surface area contributed by atoms with Gasteiger partial charge in [-0.05, 0) is 19.9 Å². The summed E-state index contributed by atoms with van der Waals surface area (Å²) in [6.07, 6.45) is 0. The predicted octanol–water partition coefficient (Wildman–Crippen LogP) is 3.44. The smallest absolute Gasteiger partial charge is 0.340 e. The fourth-order valence-electron chi connectivity index (χ4n) is 2.66. The van der Waals surface area contributed by atoms with Gasteiger partial charge in [-0.25, -0.2) is 4.79 Å². The molecule has 29 heavy (non-hydrogen) atoms. The molecule has 0 aliphatic rings. The maximum absolute atomic E-state index is 12.8. The average molecular weight is 421 g/mol. The van der Waals surface area contributed by atoms with Crippen LogP contribution in [0.3, 0.4) is 0 Å². The zero-order valence-electron chi connectivity index (χ0n) is 15.7. The Hall–Kier alpha value is -3.39. The fourth-order valence-corrected chi connectivity index (χ4v) is 2.85. The lowest BCUT2D eigenvalue weighted by Crippen LogP contribution is -2.18. The molecule has 8 nitrogen and oxygen atoms in total. The van der Waals surface area contributed by atoms with Crippen molar-refractivity contribution in [3.8, 4) is 17.2 Å². The van der Waals surface area contributed by atoms with Crippen LogP contribution in [0.4, 0.5) is 0 Å². The molecule has 2 aromatic carbocycles. The maximum Gasteiger partial charge on any atom is 0.340 e. The number of ether oxygens (including phenoxy) is 2. The van der Waals surface area contributed by atoms with E-state index in [4.69, 9.17) is 21.1 Å². The van der Waals surface area contributed by atoms with Crippen LogP contribution in [-0.2, 0) is 16.1 Å². The van der Waals surface area contributed by atoms with E-state index in [1.54, 1.807) is 24.3 Å². The van der Waals surface area contributed by atoms with E-state index in [-0.39, 0.29) is 6.61 Å². The Morgan fingerprint density at radius 1 is 0.897 bits per heavy atom. The van der Waals surface area contributed by atoms with Gasteiger partial charge < -0.3 is 19.7 Å². The van der Waals surface area contributed by atoms with Crippen LogP contribution in [0.1, 0.15) is 57.4 Å².